The lowest BCUT2D eigenvalue weighted by Crippen LogP contribution is -1.90. The molecule has 8 heteroatoms. The molecular formula is C25H21BrN4O3. The quantitative estimate of drug-likeness (QED) is 0.329. The lowest BCUT2D eigenvalue weighted by Gasteiger charge is -2.00. The van der Waals surface area contributed by atoms with Crippen molar-refractivity contribution in [3.8, 4) is 28.5 Å². The lowest BCUT2D eigenvalue weighted by molar-refractivity contribution is 0.414. The van der Waals surface area contributed by atoms with Crippen LogP contribution in [-0.4, -0.2) is 41.4 Å². The third kappa shape index (κ3) is 5.48. The second-order valence-electron chi connectivity index (χ2n) is 6.98. The van der Waals surface area contributed by atoms with E-state index in [2.05, 4.69) is 31.0 Å². The molecule has 0 bridgehead atoms. The van der Waals surface area contributed by atoms with E-state index in [9.17, 15) is 5.11 Å². The van der Waals surface area contributed by atoms with Crippen LogP contribution < -0.4 is 9.47 Å². The third-order valence-electron chi connectivity index (χ3n) is 4.81. The maximum atomic E-state index is 10.1. The van der Waals surface area contributed by atoms with Gasteiger partial charge < -0.3 is 14.6 Å². The van der Waals surface area contributed by atoms with Gasteiger partial charge in [0, 0.05) is 21.8 Å². The first-order valence-electron chi connectivity index (χ1n) is 10.0. The molecular weight excluding hydrogens is 484 g/mol. The Morgan fingerprint density at radius 2 is 1.58 bits per heavy atom. The Bertz CT molecular complexity index is 1300. The molecule has 166 valence electrons. The van der Waals surface area contributed by atoms with E-state index in [1.807, 2.05) is 48.5 Å². The van der Waals surface area contributed by atoms with Gasteiger partial charge >= 0.3 is 0 Å². The van der Waals surface area contributed by atoms with Crippen LogP contribution in [0.2, 0.25) is 0 Å². The van der Waals surface area contributed by atoms with Gasteiger partial charge in [-0.15, -0.1) is 0 Å². The monoisotopic (exact) mass is 504 g/mol. The predicted molar refractivity (Wildman–Crippen MR) is 133 cm³/mol. The molecule has 0 unspecified atom stereocenters. The van der Waals surface area contributed by atoms with E-state index in [1.54, 1.807) is 55.7 Å². The summed E-state index contributed by atoms with van der Waals surface area (Å²) < 4.78 is 12.9. The van der Waals surface area contributed by atoms with Crippen molar-refractivity contribution in [2.75, 3.05) is 14.2 Å². The van der Waals surface area contributed by atoms with Crippen molar-refractivity contribution >= 4 is 34.3 Å². The maximum absolute atomic E-state index is 10.1. The summed E-state index contributed by atoms with van der Waals surface area (Å²) in [4.78, 5) is 9.13. The summed E-state index contributed by atoms with van der Waals surface area (Å²) in [5, 5.41) is 14.7. The van der Waals surface area contributed by atoms with Gasteiger partial charge in [0.1, 0.15) is 17.2 Å². The highest BCUT2D eigenvalue weighted by Crippen LogP contribution is 2.26. The molecule has 1 aromatic heterocycles. The van der Waals surface area contributed by atoms with Gasteiger partial charge in [-0.05, 0) is 72.3 Å². The topological polar surface area (TPSA) is 81.2 Å². The second kappa shape index (κ2) is 10.1. The number of hydrogen-bond donors (Lipinski definition) is 1. The van der Waals surface area contributed by atoms with Crippen molar-refractivity contribution in [1.82, 2.24) is 9.66 Å². The number of ether oxygens (including phenoxy) is 2. The summed E-state index contributed by atoms with van der Waals surface area (Å²) in [7, 11) is 3.25. The Hall–Kier alpha value is -3.91. The largest absolute Gasteiger partial charge is 0.507 e. The number of rotatable bonds is 7. The number of methoxy groups -OCH3 is 2. The molecule has 4 rings (SSSR count). The molecule has 4 aromatic rings. The standard InChI is InChI=1S/C25H21BrN4O3/c1-32-21-8-3-17(4-9-21)14-28-30-16-23(18-5-10-22(33-2)11-6-18)29-25(30)27-15-19-13-20(26)7-12-24(19)31/h3-16,31H,1-2H3. The summed E-state index contributed by atoms with van der Waals surface area (Å²) in [5.74, 6) is 2.02. The fourth-order valence-corrected chi connectivity index (χ4v) is 3.39. The zero-order valence-corrected chi connectivity index (χ0v) is 19.6. The molecule has 0 amide bonds. The normalized spacial score (nSPS) is 11.4. The number of aliphatic imine (C=N–C) groups is 1. The molecule has 0 spiro atoms. The minimum absolute atomic E-state index is 0.122. The van der Waals surface area contributed by atoms with Crippen LogP contribution in [0.3, 0.4) is 0 Å². The summed E-state index contributed by atoms with van der Waals surface area (Å²) in [6, 6.07) is 20.3. The SMILES string of the molecule is COc1ccc(C=Nn2cc(-c3ccc(OC)cc3)nc2N=Cc2cc(Br)ccc2O)cc1. The van der Waals surface area contributed by atoms with E-state index in [-0.39, 0.29) is 5.75 Å². The first-order chi connectivity index (χ1) is 16.1. The minimum atomic E-state index is 0.122. The van der Waals surface area contributed by atoms with Gasteiger partial charge in [-0.25, -0.2) is 14.7 Å². The molecule has 1 heterocycles. The maximum Gasteiger partial charge on any atom is 0.251 e. The Morgan fingerprint density at radius 3 is 2.24 bits per heavy atom. The summed E-state index contributed by atoms with van der Waals surface area (Å²) >= 11 is 3.41. The molecule has 0 saturated heterocycles. The number of halogens is 1. The highest BCUT2D eigenvalue weighted by molar-refractivity contribution is 9.10. The Morgan fingerprint density at radius 1 is 0.909 bits per heavy atom. The van der Waals surface area contributed by atoms with Crippen LogP contribution in [0, 0.1) is 0 Å². The van der Waals surface area contributed by atoms with Crippen LogP contribution in [0.15, 0.2) is 87.5 Å². The van der Waals surface area contributed by atoms with E-state index in [1.165, 1.54) is 0 Å². The molecule has 7 nitrogen and oxygen atoms in total. The predicted octanol–water partition coefficient (Wildman–Crippen LogP) is 5.67. The van der Waals surface area contributed by atoms with Crippen molar-refractivity contribution in [3.63, 3.8) is 0 Å². The van der Waals surface area contributed by atoms with Crippen LogP contribution in [0.25, 0.3) is 11.3 Å². The molecule has 0 aliphatic carbocycles. The molecule has 0 aliphatic heterocycles. The van der Waals surface area contributed by atoms with Crippen LogP contribution in [-0.2, 0) is 0 Å². The van der Waals surface area contributed by atoms with E-state index < -0.39 is 0 Å². The van der Waals surface area contributed by atoms with Crippen molar-refractivity contribution in [2.45, 2.75) is 0 Å². The van der Waals surface area contributed by atoms with Crippen LogP contribution >= 0.6 is 15.9 Å². The van der Waals surface area contributed by atoms with E-state index in [0.29, 0.717) is 17.2 Å². The van der Waals surface area contributed by atoms with Crippen molar-refractivity contribution in [2.24, 2.45) is 10.1 Å². The molecule has 0 fully saturated rings. The Kier molecular flexibility index (Phi) is 6.85. The van der Waals surface area contributed by atoms with Gasteiger partial charge in [-0.3, -0.25) is 0 Å². The number of aromatic nitrogens is 2. The molecule has 0 radical (unpaired) electrons. The number of imidazole rings is 1. The molecule has 0 saturated carbocycles. The summed E-state index contributed by atoms with van der Waals surface area (Å²) in [6.07, 6.45) is 5.07. The number of hydrogen-bond acceptors (Lipinski definition) is 6. The molecule has 0 atom stereocenters. The van der Waals surface area contributed by atoms with Crippen LogP contribution in [0.4, 0.5) is 5.95 Å². The van der Waals surface area contributed by atoms with Crippen molar-refractivity contribution in [3.05, 3.63) is 88.5 Å². The molecule has 0 aliphatic rings. The number of phenols is 1. The fraction of sp³-hybridized carbons (Fsp3) is 0.0800. The Labute approximate surface area is 199 Å². The zero-order valence-electron chi connectivity index (χ0n) is 18.0. The average Bonchev–Trinajstić information content (AvgIpc) is 3.26. The summed E-state index contributed by atoms with van der Waals surface area (Å²) in [6.45, 7) is 0. The Balaban J connectivity index is 1.70. The van der Waals surface area contributed by atoms with Gasteiger partial charge in [0.05, 0.1) is 32.3 Å². The van der Waals surface area contributed by atoms with Gasteiger partial charge in [-0.2, -0.15) is 5.10 Å². The number of phenolic OH excluding ortho intramolecular Hbond substituents is 1. The first kappa shape index (κ1) is 22.3. The van der Waals surface area contributed by atoms with Gasteiger partial charge in [0.25, 0.3) is 5.95 Å². The highest BCUT2D eigenvalue weighted by atomic mass is 79.9. The lowest BCUT2D eigenvalue weighted by atomic mass is 10.2. The van der Waals surface area contributed by atoms with E-state index >= 15 is 0 Å². The summed E-state index contributed by atoms with van der Waals surface area (Å²) in [5.41, 5.74) is 3.06. The first-order valence-corrected chi connectivity index (χ1v) is 10.8. The smallest absolute Gasteiger partial charge is 0.251 e. The van der Waals surface area contributed by atoms with Crippen molar-refractivity contribution in [1.29, 1.82) is 0 Å². The average molecular weight is 505 g/mol. The van der Waals surface area contributed by atoms with E-state index in [4.69, 9.17) is 9.47 Å². The number of nitrogens with zero attached hydrogens (tertiary/aromatic N) is 4. The van der Waals surface area contributed by atoms with Gasteiger partial charge in [0.15, 0.2) is 0 Å². The van der Waals surface area contributed by atoms with Crippen LogP contribution in [0.1, 0.15) is 11.1 Å². The molecule has 1 N–H and O–H groups in total. The van der Waals surface area contributed by atoms with Gasteiger partial charge in [-0.1, -0.05) is 15.9 Å². The van der Waals surface area contributed by atoms with Crippen molar-refractivity contribution < 1.29 is 14.6 Å². The number of aromatic hydroxyl groups is 1. The number of benzene rings is 3. The van der Waals surface area contributed by atoms with E-state index in [0.717, 1.165) is 27.1 Å². The van der Waals surface area contributed by atoms with Crippen LogP contribution in [0.5, 0.6) is 17.2 Å². The van der Waals surface area contributed by atoms with Gasteiger partial charge in [0.2, 0.25) is 0 Å². The minimum Gasteiger partial charge on any atom is -0.507 e. The molecule has 3 aromatic carbocycles. The zero-order chi connectivity index (χ0) is 23.2. The third-order valence-corrected chi connectivity index (χ3v) is 5.30. The fourth-order valence-electron chi connectivity index (χ4n) is 3.01. The highest BCUT2D eigenvalue weighted by Gasteiger charge is 2.09. The molecule has 33 heavy (non-hydrogen) atoms. The second-order valence-corrected chi connectivity index (χ2v) is 7.89.